The fourth-order valence-electron chi connectivity index (χ4n) is 2.33. The maximum Gasteiger partial charge on any atom is 0.417 e. The maximum absolute atomic E-state index is 12.7. The Morgan fingerprint density at radius 2 is 1.89 bits per heavy atom. The van der Waals surface area contributed by atoms with Crippen molar-refractivity contribution in [1.82, 2.24) is 0 Å². The highest BCUT2D eigenvalue weighted by atomic mass is 79.9. The minimum Gasteiger partial charge on any atom is -0.385 e. The molecule has 1 saturated carbocycles. The molecule has 1 fully saturated rings. The lowest BCUT2D eigenvalue weighted by Crippen LogP contribution is -2.12. The topological polar surface area (TPSA) is 12.0 Å². The zero-order valence-electron chi connectivity index (χ0n) is 9.86. The van der Waals surface area contributed by atoms with Gasteiger partial charge in [-0.15, -0.1) is 0 Å². The maximum atomic E-state index is 12.7. The first kappa shape index (κ1) is 13.7. The molecule has 1 aliphatic carbocycles. The van der Waals surface area contributed by atoms with E-state index < -0.39 is 11.7 Å². The molecule has 0 atom stereocenters. The third kappa shape index (κ3) is 3.40. The van der Waals surface area contributed by atoms with E-state index in [0.717, 1.165) is 6.54 Å². The summed E-state index contributed by atoms with van der Waals surface area (Å²) in [4.78, 5) is 0. The van der Waals surface area contributed by atoms with Gasteiger partial charge < -0.3 is 5.32 Å². The van der Waals surface area contributed by atoms with Crippen molar-refractivity contribution in [3.05, 3.63) is 28.2 Å². The van der Waals surface area contributed by atoms with Crippen molar-refractivity contribution >= 4 is 21.6 Å². The molecule has 0 spiro atoms. The molecule has 0 saturated heterocycles. The zero-order valence-corrected chi connectivity index (χ0v) is 11.4. The summed E-state index contributed by atoms with van der Waals surface area (Å²) in [5.74, 6) is 0.600. The normalized spacial score (nSPS) is 17.1. The van der Waals surface area contributed by atoms with Crippen LogP contribution in [0.1, 0.15) is 31.2 Å². The zero-order chi connectivity index (χ0) is 13.2. The number of alkyl halides is 3. The molecule has 18 heavy (non-hydrogen) atoms. The van der Waals surface area contributed by atoms with E-state index in [-0.39, 0.29) is 4.47 Å². The summed E-state index contributed by atoms with van der Waals surface area (Å²) >= 11 is 2.94. The molecule has 1 aromatic rings. The van der Waals surface area contributed by atoms with Crippen LogP contribution in [-0.2, 0) is 6.18 Å². The van der Waals surface area contributed by atoms with E-state index in [1.165, 1.54) is 37.8 Å². The molecule has 0 amide bonds. The average Bonchev–Trinajstić information content (AvgIpc) is 2.79. The molecule has 0 heterocycles. The van der Waals surface area contributed by atoms with Crippen molar-refractivity contribution in [2.45, 2.75) is 31.9 Å². The summed E-state index contributed by atoms with van der Waals surface area (Å²) in [5, 5.41) is 3.11. The first-order valence-corrected chi connectivity index (χ1v) is 6.87. The lowest BCUT2D eigenvalue weighted by atomic mass is 10.1. The first-order chi connectivity index (χ1) is 8.47. The van der Waals surface area contributed by atoms with Gasteiger partial charge in [0.25, 0.3) is 0 Å². The lowest BCUT2D eigenvalue weighted by molar-refractivity contribution is -0.138. The quantitative estimate of drug-likeness (QED) is 0.819. The van der Waals surface area contributed by atoms with E-state index in [1.54, 1.807) is 6.07 Å². The first-order valence-electron chi connectivity index (χ1n) is 6.07. The SMILES string of the molecule is FC(F)(F)c1cc(NCC2CCCC2)ccc1Br. The van der Waals surface area contributed by atoms with Gasteiger partial charge >= 0.3 is 6.18 Å². The molecular weight excluding hydrogens is 307 g/mol. The largest absolute Gasteiger partial charge is 0.417 e. The van der Waals surface area contributed by atoms with Crippen molar-refractivity contribution < 1.29 is 13.2 Å². The predicted molar refractivity (Wildman–Crippen MR) is 69.6 cm³/mol. The average molecular weight is 322 g/mol. The number of hydrogen-bond donors (Lipinski definition) is 1. The Balaban J connectivity index is 2.04. The van der Waals surface area contributed by atoms with Gasteiger partial charge in [0, 0.05) is 16.7 Å². The minimum absolute atomic E-state index is 0.0846. The molecule has 0 bridgehead atoms. The molecule has 0 radical (unpaired) electrons. The van der Waals surface area contributed by atoms with Crippen LogP contribution in [-0.4, -0.2) is 6.54 Å². The molecule has 1 aromatic carbocycles. The summed E-state index contributed by atoms with van der Waals surface area (Å²) in [6.07, 6.45) is 0.510. The summed E-state index contributed by atoms with van der Waals surface area (Å²) in [7, 11) is 0. The Hall–Kier alpha value is -0.710. The molecular formula is C13H15BrF3N. The van der Waals surface area contributed by atoms with Crippen LogP contribution in [0.4, 0.5) is 18.9 Å². The van der Waals surface area contributed by atoms with Gasteiger partial charge in [0.05, 0.1) is 5.56 Å². The fraction of sp³-hybridized carbons (Fsp3) is 0.538. The molecule has 0 aliphatic heterocycles. The van der Waals surface area contributed by atoms with E-state index in [4.69, 9.17) is 0 Å². The van der Waals surface area contributed by atoms with Gasteiger partial charge in [0.15, 0.2) is 0 Å². The Morgan fingerprint density at radius 1 is 1.22 bits per heavy atom. The number of benzene rings is 1. The van der Waals surface area contributed by atoms with Crippen LogP contribution in [0.2, 0.25) is 0 Å². The van der Waals surface area contributed by atoms with Gasteiger partial charge in [-0.1, -0.05) is 28.8 Å². The standard InChI is InChI=1S/C13H15BrF3N/c14-12-6-5-10(7-11(12)13(15,16)17)18-8-9-3-1-2-4-9/h5-7,9,18H,1-4,8H2. The van der Waals surface area contributed by atoms with Crippen LogP contribution < -0.4 is 5.32 Å². The van der Waals surface area contributed by atoms with E-state index in [9.17, 15) is 13.2 Å². The third-order valence-corrected chi connectivity index (χ3v) is 4.03. The van der Waals surface area contributed by atoms with E-state index in [2.05, 4.69) is 21.2 Å². The molecule has 2 rings (SSSR count). The molecule has 0 aromatic heterocycles. The van der Waals surface area contributed by atoms with Crippen LogP contribution in [0.5, 0.6) is 0 Å². The number of hydrogen-bond acceptors (Lipinski definition) is 1. The Bertz CT molecular complexity index is 411. The molecule has 100 valence electrons. The van der Waals surface area contributed by atoms with Gasteiger partial charge in [0.1, 0.15) is 0 Å². The summed E-state index contributed by atoms with van der Waals surface area (Å²) in [6.45, 7) is 0.763. The lowest BCUT2D eigenvalue weighted by Gasteiger charge is -2.14. The summed E-state index contributed by atoms with van der Waals surface area (Å²) in [6, 6.07) is 4.28. The highest BCUT2D eigenvalue weighted by molar-refractivity contribution is 9.10. The van der Waals surface area contributed by atoms with Crippen molar-refractivity contribution in [2.75, 3.05) is 11.9 Å². The number of anilines is 1. The number of halogens is 4. The molecule has 1 N–H and O–H groups in total. The van der Waals surface area contributed by atoms with Crippen LogP contribution in [0, 0.1) is 5.92 Å². The molecule has 1 aliphatic rings. The Morgan fingerprint density at radius 3 is 2.50 bits per heavy atom. The van der Waals surface area contributed by atoms with Crippen LogP contribution in [0.3, 0.4) is 0 Å². The van der Waals surface area contributed by atoms with Crippen molar-refractivity contribution in [1.29, 1.82) is 0 Å². The minimum atomic E-state index is -4.32. The van der Waals surface area contributed by atoms with Crippen molar-refractivity contribution in [2.24, 2.45) is 5.92 Å². The van der Waals surface area contributed by atoms with Crippen molar-refractivity contribution in [3.63, 3.8) is 0 Å². The molecule has 0 unspecified atom stereocenters. The van der Waals surface area contributed by atoms with Gasteiger partial charge in [-0.3, -0.25) is 0 Å². The second-order valence-electron chi connectivity index (χ2n) is 4.72. The van der Waals surface area contributed by atoms with Gasteiger partial charge in [-0.25, -0.2) is 0 Å². The van der Waals surface area contributed by atoms with Gasteiger partial charge in [-0.2, -0.15) is 13.2 Å². The fourth-order valence-corrected chi connectivity index (χ4v) is 2.80. The Kier molecular flexibility index (Phi) is 4.20. The predicted octanol–water partition coefficient (Wildman–Crippen LogP) is 5.07. The third-order valence-electron chi connectivity index (χ3n) is 3.34. The van der Waals surface area contributed by atoms with Gasteiger partial charge in [-0.05, 0) is 37.0 Å². The van der Waals surface area contributed by atoms with Crippen LogP contribution >= 0.6 is 15.9 Å². The van der Waals surface area contributed by atoms with Gasteiger partial charge in [0.2, 0.25) is 0 Å². The Labute approximate surface area is 113 Å². The van der Waals surface area contributed by atoms with Crippen LogP contribution in [0.25, 0.3) is 0 Å². The monoisotopic (exact) mass is 321 g/mol. The smallest absolute Gasteiger partial charge is 0.385 e. The molecule has 5 heteroatoms. The van der Waals surface area contributed by atoms with Crippen LogP contribution in [0.15, 0.2) is 22.7 Å². The number of rotatable bonds is 3. The van der Waals surface area contributed by atoms with E-state index in [1.807, 2.05) is 0 Å². The summed E-state index contributed by atoms with van der Waals surface area (Å²) in [5.41, 5.74) is -0.0867. The molecule has 1 nitrogen and oxygen atoms in total. The highest BCUT2D eigenvalue weighted by Gasteiger charge is 2.33. The summed E-state index contributed by atoms with van der Waals surface area (Å²) < 4.78 is 38.2. The number of nitrogens with one attached hydrogen (secondary N) is 1. The van der Waals surface area contributed by atoms with E-state index in [0.29, 0.717) is 11.6 Å². The second kappa shape index (κ2) is 5.51. The second-order valence-corrected chi connectivity index (χ2v) is 5.58. The highest BCUT2D eigenvalue weighted by Crippen LogP contribution is 2.36. The van der Waals surface area contributed by atoms with Crippen molar-refractivity contribution in [3.8, 4) is 0 Å². The van der Waals surface area contributed by atoms with E-state index >= 15 is 0 Å².